The predicted molar refractivity (Wildman–Crippen MR) is 110 cm³/mol. The van der Waals surface area contributed by atoms with Crippen molar-refractivity contribution in [1.29, 1.82) is 0 Å². The summed E-state index contributed by atoms with van der Waals surface area (Å²) in [5.74, 6) is -3.60. The number of benzene rings is 1. The number of carbonyl (C=O) groups is 2. The fourth-order valence-electron chi connectivity index (χ4n) is 2.90. The summed E-state index contributed by atoms with van der Waals surface area (Å²) in [5, 5.41) is 10.5. The van der Waals surface area contributed by atoms with E-state index in [4.69, 9.17) is 30.5 Å². The highest BCUT2D eigenvalue weighted by Gasteiger charge is 2.38. The van der Waals surface area contributed by atoms with Crippen LogP contribution in [0.25, 0.3) is 21.8 Å². The second-order valence-electron chi connectivity index (χ2n) is 6.43. The van der Waals surface area contributed by atoms with Crippen LogP contribution >= 0.6 is 11.6 Å². The third-order valence-electron chi connectivity index (χ3n) is 4.20. The predicted octanol–water partition coefficient (Wildman–Crippen LogP) is 3.46. The van der Waals surface area contributed by atoms with Gasteiger partial charge in [-0.15, -0.1) is 0 Å². The van der Waals surface area contributed by atoms with Gasteiger partial charge >= 0.3 is 23.0 Å². The molecule has 0 saturated heterocycles. The summed E-state index contributed by atoms with van der Waals surface area (Å²) < 4.78 is 52.4. The zero-order chi connectivity index (χ0) is 25.0. The molecule has 15 heteroatoms. The maximum absolute atomic E-state index is 13.9. The van der Waals surface area contributed by atoms with Crippen molar-refractivity contribution >= 4 is 51.0 Å². The minimum atomic E-state index is -4.04. The van der Waals surface area contributed by atoms with Gasteiger partial charge in [0.05, 0.1) is 23.7 Å². The van der Waals surface area contributed by atoms with Crippen LogP contribution in [0.15, 0.2) is 16.7 Å². The number of pyridine rings is 1. The van der Waals surface area contributed by atoms with Gasteiger partial charge in [0, 0.05) is 17.5 Å². The molecule has 0 aliphatic carbocycles. The van der Waals surface area contributed by atoms with Crippen LogP contribution in [-0.2, 0) is 24.4 Å². The Kier molecular flexibility index (Phi) is 7.29. The summed E-state index contributed by atoms with van der Waals surface area (Å²) in [5.41, 5.74) is -0.963. The van der Waals surface area contributed by atoms with Crippen molar-refractivity contribution in [3.8, 4) is 11.6 Å². The van der Waals surface area contributed by atoms with E-state index in [2.05, 4.69) is 14.7 Å². The Labute approximate surface area is 193 Å². The lowest BCUT2D eigenvalue weighted by atomic mass is 10.1. The molecule has 3 rings (SSSR count). The number of nitrogens with zero attached hydrogens (tertiary/aromatic N) is 3. The van der Waals surface area contributed by atoms with Gasteiger partial charge in [0.2, 0.25) is 11.6 Å². The highest BCUT2D eigenvalue weighted by atomic mass is 35.5. The summed E-state index contributed by atoms with van der Waals surface area (Å²) in [6.45, 7) is 1.91. The van der Waals surface area contributed by atoms with Gasteiger partial charge in [0.25, 0.3) is 0 Å². The number of alkyl halides is 3. The lowest BCUT2D eigenvalue weighted by Gasteiger charge is -2.11. The number of nitro groups is 1. The van der Waals surface area contributed by atoms with Crippen molar-refractivity contribution in [3.63, 3.8) is 0 Å². The van der Waals surface area contributed by atoms with Crippen LogP contribution in [0.5, 0.6) is 11.6 Å². The number of aromatic nitrogens is 2. The second-order valence-corrected chi connectivity index (χ2v) is 6.91. The first-order valence-electron chi connectivity index (χ1n) is 9.62. The molecule has 0 N–H and O–H groups in total. The van der Waals surface area contributed by atoms with Gasteiger partial charge in [0.1, 0.15) is 10.9 Å². The minimum Gasteiger partial charge on any atom is -0.475 e. The van der Waals surface area contributed by atoms with Crippen LogP contribution in [0, 0.1) is 10.1 Å². The van der Waals surface area contributed by atoms with Crippen molar-refractivity contribution in [2.24, 2.45) is 0 Å². The Hall–Kier alpha value is -3.81. The van der Waals surface area contributed by atoms with Crippen LogP contribution in [-0.4, -0.2) is 53.4 Å². The van der Waals surface area contributed by atoms with Gasteiger partial charge < -0.3 is 23.5 Å². The van der Waals surface area contributed by atoms with E-state index >= 15 is 0 Å². The van der Waals surface area contributed by atoms with E-state index < -0.39 is 58.2 Å². The lowest BCUT2D eigenvalue weighted by Crippen LogP contribution is -2.16. The molecule has 1 aromatic carbocycles. The molecular formula is C19H16ClF2N3O9. The average molecular weight is 504 g/mol. The minimum absolute atomic E-state index is 0.0475. The van der Waals surface area contributed by atoms with E-state index in [9.17, 15) is 28.5 Å². The summed E-state index contributed by atoms with van der Waals surface area (Å²) >= 11 is 5.10. The molecule has 3 aromatic rings. The number of halogens is 3. The van der Waals surface area contributed by atoms with E-state index in [1.807, 2.05) is 0 Å². The number of nitro benzene ring substituents is 1. The Bertz CT molecular complexity index is 1260. The number of hydrogen-bond donors (Lipinski definition) is 0. The normalized spacial score (nSPS) is 11.4. The highest BCUT2D eigenvalue weighted by molar-refractivity contribution is 6.23. The van der Waals surface area contributed by atoms with Crippen molar-refractivity contribution in [2.45, 2.75) is 19.2 Å². The zero-order valence-corrected chi connectivity index (χ0v) is 18.4. The van der Waals surface area contributed by atoms with E-state index in [-0.39, 0.29) is 35.4 Å². The second kappa shape index (κ2) is 9.99. The molecule has 0 saturated carbocycles. The molecule has 0 aliphatic heterocycles. The fraction of sp³-hybridized carbons (Fsp3) is 0.368. The number of fused-ring (bicyclic) bond motifs is 3. The van der Waals surface area contributed by atoms with Gasteiger partial charge in [-0.25, -0.2) is 14.6 Å². The molecule has 0 unspecified atom stereocenters. The van der Waals surface area contributed by atoms with E-state index in [1.54, 1.807) is 13.8 Å². The van der Waals surface area contributed by atoms with Crippen LogP contribution < -0.4 is 9.47 Å². The third-order valence-corrected chi connectivity index (χ3v) is 4.37. The number of esters is 2. The molecule has 0 bridgehead atoms. The Morgan fingerprint density at radius 2 is 1.76 bits per heavy atom. The Balaban J connectivity index is 2.18. The van der Waals surface area contributed by atoms with Gasteiger partial charge in [-0.2, -0.15) is 8.78 Å². The monoisotopic (exact) mass is 503 g/mol. The van der Waals surface area contributed by atoms with Crippen LogP contribution in [0.1, 0.15) is 19.6 Å². The number of rotatable bonds is 10. The summed E-state index contributed by atoms with van der Waals surface area (Å²) in [7, 11) is 0. The van der Waals surface area contributed by atoms with Crippen LogP contribution in [0.4, 0.5) is 14.5 Å². The zero-order valence-electron chi connectivity index (χ0n) is 17.6. The highest BCUT2D eigenvalue weighted by Crippen LogP contribution is 2.44. The first-order valence-corrected chi connectivity index (χ1v) is 10.00. The summed E-state index contributed by atoms with van der Waals surface area (Å²) in [6, 6.07) is 2.04. The van der Waals surface area contributed by atoms with Crippen molar-refractivity contribution in [3.05, 3.63) is 28.0 Å². The smallest absolute Gasteiger partial charge is 0.383 e. The third kappa shape index (κ3) is 5.22. The molecule has 12 nitrogen and oxygen atoms in total. The molecule has 0 atom stereocenters. The summed E-state index contributed by atoms with van der Waals surface area (Å²) in [6.07, 6.45) is 0. The van der Waals surface area contributed by atoms with Crippen LogP contribution in [0.3, 0.4) is 0 Å². The van der Waals surface area contributed by atoms with Gasteiger partial charge in [0.15, 0.2) is 19.0 Å². The van der Waals surface area contributed by atoms with E-state index in [0.29, 0.717) is 0 Å². The molecule has 182 valence electrons. The molecule has 2 heterocycles. The van der Waals surface area contributed by atoms with Crippen molar-refractivity contribution in [1.82, 2.24) is 10.1 Å². The summed E-state index contributed by atoms with van der Waals surface area (Å²) in [4.78, 5) is 38.1. The topological polar surface area (TPSA) is 153 Å². The van der Waals surface area contributed by atoms with E-state index in [1.165, 1.54) is 0 Å². The molecular weight excluding hydrogens is 488 g/mol. The first kappa shape index (κ1) is 24.8. The van der Waals surface area contributed by atoms with E-state index in [0.717, 1.165) is 12.1 Å². The lowest BCUT2D eigenvalue weighted by molar-refractivity contribution is -0.385. The largest absolute Gasteiger partial charge is 0.475 e. The Morgan fingerprint density at radius 1 is 1.15 bits per heavy atom. The van der Waals surface area contributed by atoms with Gasteiger partial charge in [-0.05, 0) is 25.4 Å². The molecule has 0 amide bonds. The Morgan fingerprint density at radius 3 is 2.32 bits per heavy atom. The molecule has 0 aliphatic rings. The molecule has 0 fully saturated rings. The quantitative estimate of drug-likeness (QED) is 0.173. The molecule has 0 spiro atoms. The van der Waals surface area contributed by atoms with Crippen molar-refractivity contribution in [2.75, 3.05) is 26.4 Å². The van der Waals surface area contributed by atoms with Gasteiger partial charge in [-0.3, -0.25) is 10.1 Å². The average Bonchev–Trinajstić information content (AvgIpc) is 3.22. The number of hydrogen-bond acceptors (Lipinski definition) is 11. The van der Waals surface area contributed by atoms with Crippen LogP contribution in [0.2, 0.25) is 0 Å². The maximum Gasteiger partial charge on any atom is 0.383 e. The fourth-order valence-corrected chi connectivity index (χ4v) is 3.03. The number of carbonyl (C=O) groups excluding carboxylic acids is 2. The molecule has 0 radical (unpaired) electrons. The molecule has 34 heavy (non-hydrogen) atoms. The number of ether oxygens (including phenoxy) is 4. The standard InChI is InChI=1S/C19H16ClF2N3O9/c1-3-30-13(26)7-32-12-6-10-9(5-11(12)25(28)29)16-15(17(34-24-16)19(20,21)22)18(23-10)33-8-14(27)31-4-2/h5-6H,3-4,7-8H2,1-2H3. The van der Waals surface area contributed by atoms with Crippen molar-refractivity contribution < 1.29 is 46.8 Å². The van der Waals surface area contributed by atoms with Gasteiger partial charge in [-0.1, -0.05) is 5.16 Å². The maximum atomic E-state index is 13.9. The molecule has 2 aromatic heterocycles. The first-order chi connectivity index (χ1) is 16.1. The SMILES string of the molecule is CCOC(=O)COc1cc2nc(OCC(=O)OCC)c3c(C(F)(F)Cl)onc3c2cc1[N+](=O)[O-].